The van der Waals surface area contributed by atoms with Crippen LogP contribution in [0.15, 0.2) is 42.5 Å². The first-order valence-electron chi connectivity index (χ1n) is 7.39. The lowest BCUT2D eigenvalue weighted by Gasteiger charge is -2.12. The molecule has 116 valence electrons. The molecule has 0 aliphatic carbocycles. The Morgan fingerprint density at radius 1 is 1.18 bits per heavy atom. The van der Waals surface area contributed by atoms with Gasteiger partial charge >= 0.3 is 6.09 Å². The number of carbonyl (C=O) groups is 1. The highest BCUT2D eigenvalue weighted by Gasteiger charge is 2.10. The van der Waals surface area contributed by atoms with E-state index in [1.54, 1.807) is 6.07 Å². The number of aryl methyl sites for hydroxylation is 2. The fourth-order valence-electron chi connectivity index (χ4n) is 2.54. The van der Waals surface area contributed by atoms with Crippen LogP contribution in [0.2, 0.25) is 0 Å². The van der Waals surface area contributed by atoms with Crippen molar-refractivity contribution in [3.8, 4) is 11.1 Å². The van der Waals surface area contributed by atoms with Gasteiger partial charge in [0.25, 0.3) is 0 Å². The highest BCUT2D eigenvalue weighted by atomic mass is 19.1. The fourth-order valence-corrected chi connectivity index (χ4v) is 2.54. The maximum atomic E-state index is 14.3. The zero-order chi connectivity index (χ0) is 15.9. The number of hydrogen-bond donors (Lipinski definition) is 2. The average Bonchev–Trinajstić information content (AvgIpc) is 2.46. The van der Waals surface area contributed by atoms with Crippen molar-refractivity contribution in [3.05, 3.63) is 59.4 Å². The molecular weight excluding hydrogens is 281 g/mol. The summed E-state index contributed by atoms with van der Waals surface area (Å²) in [4.78, 5) is 10.4. The van der Waals surface area contributed by atoms with E-state index in [0.717, 1.165) is 36.0 Å². The lowest BCUT2D eigenvalue weighted by Crippen LogP contribution is -2.21. The number of unbranched alkanes of at least 4 members (excludes halogenated alkanes) is 1. The van der Waals surface area contributed by atoms with Crippen LogP contribution in [0.1, 0.15) is 24.0 Å². The number of halogens is 1. The Labute approximate surface area is 129 Å². The van der Waals surface area contributed by atoms with E-state index in [-0.39, 0.29) is 5.82 Å². The Bertz CT molecular complexity index is 655. The van der Waals surface area contributed by atoms with Gasteiger partial charge in [-0.05, 0) is 43.4 Å². The van der Waals surface area contributed by atoms with E-state index >= 15 is 0 Å². The van der Waals surface area contributed by atoms with Crippen LogP contribution in [0.5, 0.6) is 0 Å². The Hall–Kier alpha value is -2.36. The predicted molar refractivity (Wildman–Crippen MR) is 85.5 cm³/mol. The van der Waals surface area contributed by atoms with Crippen LogP contribution >= 0.6 is 0 Å². The van der Waals surface area contributed by atoms with Gasteiger partial charge in [0, 0.05) is 12.1 Å². The summed E-state index contributed by atoms with van der Waals surface area (Å²) < 4.78 is 14.3. The summed E-state index contributed by atoms with van der Waals surface area (Å²) in [6.07, 6.45) is 1.26. The SMILES string of the molecule is Cc1cccc(-c2c(F)cccc2CCCCNC(=O)O)c1. The highest BCUT2D eigenvalue weighted by Crippen LogP contribution is 2.28. The van der Waals surface area contributed by atoms with Crippen molar-refractivity contribution in [1.29, 1.82) is 0 Å². The van der Waals surface area contributed by atoms with Gasteiger partial charge in [-0.1, -0.05) is 42.0 Å². The van der Waals surface area contributed by atoms with Crippen LogP contribution < -0.4 is 5.32 Å². The lowest BCUT2D eigenvalue weighted by molar-refractivity contribution is 0.194. The number of rotatable bonds is 6. The molecule has 0 saturated carbocycles. The molecule has 0 bridgehead atoms. The second-order valence-corrected chi connectivity index (χ2v) is 5.33. The van der Waals surface area contributed by atoms with Crippen LogP contribution in [0, 0.1) is 12.7 Å². The third-order valence-corrected chi connectivity index (χ3v) is 3.56. The minimum absolute atomic E-state index is 0.216. The van der Waals surface area contributed by atoms with Crippen molar-refractivity contribution in [2.45, 2.75) is 26.2 Å². The topological polar surface area (TPSA) is 49.3 Å². The quantitative estimate of drug-likeness (QED) is 0.777. The van der Waals surface area contributed by atoms with Crippen LogP contribution in [0.25, 0.3) is 11.1 Å². The summed E-state index contributed by atoms with van der Waals surface area (Å²) in [7, 11) is 0. The summed E-state index contributed by atoms with van der Waals surface area (Å²) in [5.41, 5.74) is 3.59. The molecule has 2 aromatic rings. The number of hydrogen-bond acceptors (Lipinski definition) is 1. The third kappa shape index (κ3) is 4.32. The predicted octanol–water partition coefficient (Wildman–Crippen LogP) is 4.39. The molecule has 0 atom stereocenters. The summed E-state index contributed by atoms with van der Waals surface area (Å²) in [6.45, 7) is 2.41. The summed E-state index contributed by atoms with van der Waals surface area (Å²) in [5.74, 6) is -0.216. The van der Waals surface area contributed by atoms with Gasteiger partial charge in [0.15, 0.2) is 0 Å². The number of benzene rings is 2. The van der Waals surface area contributed by atoms with Gasteiger partial charge in [-0.3, -0.25) is 0 Å². The fraction of sp³-hybridized carbons (Fsp3) is 0.278. The van der Waals surface area contributed by atoms with Gasteiger partial charge in [-0.25, -0.2) is 9.18 Å². The van der Waals surface area contributed by atoms with Gasteiger partial charge in [-0.15, -0.1) is 0 Å². The van der Waals surface area contributed by atoms with Crippen molar-refractivity contribution >= 4 is 6.09 Å². The molecule has 0 radical (unpaired) electrons. The largest absolute Gasteiger partial charge is 0.465 e. The van der Waals surface area contributed by atoms with Crippen molar-refractivity contribution < 1.29 is 14.3 Å². The molecule has 0 unspecified atom stereocenters. The van der Waals surface area contributed by atoms with Crippen molar-refractivity contribution in [1.82, 2.24) is 5.32 Å². The molecule has 0 aliphatic rings. The van der Waals surface area contributed by atoms with Gasteiger partial charge in [0.2, 0.25) is 0 Å². The number of nitrogens with one attached hydrogen (secondary N) is 1. The summed E-state index contributed by atoms with van der Waals surface area (Å²) in [5, 5.41) is 10.9. The van der Waals surface area contributed by atoms with Gasteiger partial charge in [0.1, 0.15) is 5.82 Å². The van der Waals surface area contributed by atoms with Crippen molar-refractivity contribution in [3.63, 3.8) is 0 Å². The molecule has 1 amide bonds. The second kappa shape index (κ2) is 7.59. The summed E-state index contributed by atoms with van der Waals surface area (Å²) in [6, 6.07) is 13.0. The van der Waals surface area contributed by atoms with E-state index in [2.05, 4.69) is 5.32 Å². The van der Waals surface area contributed by atoms with Gasteiger partial charge < -0.3 is 10.4 Å². The average molecular weight is 301 g/mol. The van der Waals surface area contributed by atoms with E-state index in [4.69, 9.17) is 5.11 Å². The molecule has 0 aliphatic heterocycles. The maximum absolute atomic E-state index is 14.3. The molecule has 0 aromatic heterocycles. The zero-order valence-electron chi connectivity index (χ0n) is 12.6. The highest BCUT2D eigenvalue weighted by molar-refractivity contribution is 5.68. The third-order valence-electron chi connectivity index (χ3n) is 3.56. The van der Waals surface area contributed by atoms with E-state index in [1.165, 1.54) is 6.07 Å². The molecule has 0 spiro atoms. The Morgan fingerprint density at radius 2 is 1.95 bits per heavy atom. The van der Waals surface area contributed by atoms with Gasteiger partial charge in [0.05, 0.1) is 0 Å². The van der Waals surface area contributed by atoms with E-state index in [1.807, 2.05) is 37.3 Å². The zero-order valence-corrected chi connectivity index (χ0v) is 12.6. The second-order valence-electron chi connectivity index (χ2n) is 5.33. The van der Waals surface area contributed by atoms with Crippen molar-refractivity contribution in [2.24, 2.45) is 0 Å². The van der Waals surface area contributed by atoms with E-state index in [9.17, 15) is 9.18 Å². The molecule has 2 rings (SSSR count). The molecule has 2 aromatic carbocycles. The molecule has 3 nitrogen and oxygen atoms in total. The maximum Gasteiger partial charge on any atom is 0.404 e. The normalized spacial score (nSPS) is 10.5. The monoisotopic (exact) mass is 301 g/mol. The van der Waals surface area contributed by atoms with Crippen LogP contribution in [-0.2, 0) is 6.42 Å². The molecule has 0 heterocycles. The Morgan fingerprint density at radius 3 is 2.68 bits per heavy atom. The van der Waals surface area contributed by atoms with Crippen LogP contribution in [0.3, 0.4) is 0 Å². The molecule has 4 heteroatoms. The van der Waals surface area contributed by atoms with E-state index in [0.29, 0.717) is 12.1 Å². The first-order valence-corrected chi connectivity index (χ1v) is 7.39. The van der Waals surface area contributed by atoms with Crippen LogP contribution in [-0.4, -0.2) is 17.7 Å². The Kier molecular flexibility index (Phi) is 5.53. The molecule has 2 N–H and O–H groups in total. The minimum Gasteiger partial charge on any atom is -0.465 e. The summed E-state index contributed by atoms with van der Waals surface area (Å²) >= 11 is 0. The van der Waals surface area contributed by atoms with Crippen molar-refractivity contribution in [2.75, 3.05) is 6.54 Å². The standard InChI is InChI=1S/C18H20FNO2/c1-13-6-4-9-15(12-13)17-14(8-5-10-16(17)19)7-2-3-11-20-18(21)22/h4-6,8-10,12,20H,2-3,7,11H2,1H3,(H,21,22). The molecular formula is C18H20FNO2. The number of amides is 1. The lowest BCUT2D eigenvalue weighted by atomic mass is 9.94. The number of carboxylic acid groups (broad SMARTS) is 1. The van der Waals surface area contributed by atoms with E-state index < -0.39 is 6.09 Å². The first-order chi connectivity index (χ1) is 10.6. The smallest absolute Gasteiger partial charge is 0.404 e. The first kappa shape index (κ1) is 16.0. The minimum atomic E-state index is -1.01. The molecule has 0 fully saturated rings. The van der Waals surface area contributed by atoms with Crippen LogP contribution in [0.4, 0.5) is 9.18 Å². The Balaban J connectivity index is 2.12. The molecule has 0 saturated heterocycles. The molecule has 22 heavy (non-hydrogen) atoms. The van der Waals surface area contributed by atoms with Gasteiger partial charge in [-0.2, -0.15) is 0 Å².